The zero-order valence-corrected chi connectivity index (χ0v) is 36.0. The topological polar surface area (TPSA) is 26.3 Å². The molecule has 0 aliphatic heterocycles. The van der Waals surface area contributed by atoms with Crippen LogP contribution >= 0.6 is 0 Å². The first-order valence-electron chi connectivity index (χ1n) is 19.8. The van der Waals surface area contributed by atoms with Gasteiger partial charge in [0, 0.05) is 0 Å². The minimum Gasteiger partial charge on any atom is -1.00 e. The third-order valence-corrected chi connectivity index (χ3v) is 16.2. The first-order valence-corrected chi connectivity index (χ1v) is 22.6. The van der Waals surface area contributed by atoms with E-state index in [0.717, 1.165) is 48.7 Å². The Labute approximate surface area is 359 Å². The summed E-state index contributed by atoms with van der Waals surface area (Å²) in [6.07, 6.45) is 8.98. The number of hydrogen-bond donors (Lipinski definition) is 0. The largest absolute Gasteiger partial charge is 1.00 e. The van der Waals surface area contributed by atoms with Crippen molar-refractivity contribution in [2.24, 2.45) is 0 Å². The molecule has 2 atom stereocenters. The Bertz CT molecular complexity index is 2600. The van der Waals surface area contributed by atoms with Crippen LogP contribution in [0.2, 0.25) is 0 Å². The van der Waals surface area contributed by atoms with Crippen LogP contribution in [0.15, 0.2) is 154 Å². The van der Waals surface area contributed by atoms with Crippen LogP contribution in [-0.4, -0.2) is 0 Å². The molecule has 0 saturated heterocycles. The summed E-state index contributed by atoms with van der Waals surface area (Å²) in [7, 11) is 0. The van der Waals surface area contributed by atoms with Gasteiger partial charge in [-0.2, -0.15) is 0 Å². The zero-order valence-electron chi connectivity index (χ0n) is 32.1. The molecule has 5 heteroatoms. The van der Waals surface area contributed by atoms with Crippen LogP contribution < -0.4 is 24.8 Å². The van der Waals surface area contributed by atoms with Crippen LogP contribution in [0.3, 0.4) is 0 Å². The van der Waals surface area contributed by atoms with E-state index >= 15 is 0 Å². The fraction of sp³-hybridized carbons (Fsp3) is 0.154. The van der Waals surface area contributed by atoms with Crippen molar-refractivity contribution in [2.75, 3.05) is 0 Å². The van der Waals surface area contributed by atoms with Crippen LogP contribution in [0.1, 0.15) is 79.2 Å². The maximum Gasteiger partial charge on any atom is -1.00 e. The normalized spacial score (nSPS) is 15.3. The van der Waals surface area contributed by atoms with Crippen molar-refractivity contribution in [3.63, 3.8) is 0 Å². The molecule has 0 bridgehead atoms. The van der Waals surface area contributed by atoms with E-state index in [-0.39, 0.29) is 24.8 Å². The molecule has 280 valence electrons. The zero-order chi connectivity index (χ0) is 36.9. The van der Waals surface area contributed by atoms with Gasteiger partial charge in [0.25, 0.3) is 0 Å². The molecule has 57 heavy (non-hydrogen) atoms. The minimum atomic E-state index is -1.39. The Kier molecular flexibility index (Phi) is 11.5. The Morgan fingerprint density at radius 1 is 0.439 bits per heavy atom. The summed E-state index contributed by atoms with van der Waals surface area (Å²) in [5, 5.41) is 5.11. The van der Waals surface area contributed by atoms with E-state index in [0.29, 0.717) is 7.25 Å². The van der Waals surface area contributed by atoms with Crippen LogP contribution in [0.5, 0.6) is 0 Å². The first kappa shape index (κ1) is 39.2. The van der Waals surface area contributed by atoms with Gasteiger partial charge in [-0.1, -0.05) is 0 Å². The summed E-state index contributed by atoms with van der Waals surface area (Å²) < 4.78 is 14.0. The van der Waals surface area contributed by atoms with Gasteiger partial charge in [-0.15, -0.1) is 0 Å². The van der Waals surface area contributed by atoms with Crippen molar-refractivity contribution >= 4 is 44.8 Å². The molecule has 0 spiro atoms. The van der Waals surface area contributed by atoms with Crippen molar-refractivity contribution in [1.29, 1.82) is 0 Å². The van der Waals surface area contributed by atoms with E-state index in [2.05, 4.69) is 172 Å². The molecule has 2 heterocycles. The number of furan rings is 2. The molecule has 10 rings (SSSR count). The van der Waals surface area contributed by atoms with E-state index in [1.165, 1.54) is 77.2 Å². The van der Waals surface area contributed by atoms with Gasteiger partial charge in [0.15, 0.2) is 0 Å². The summed E-state index contributed by atoms with van der Waals surface area (Å²) >= 11 is -1.39. The maximum atomic E-state index is 6.70. The second-order valence-corrected chi connectivity index (χ2v) is 18.6. The maximum absolute atomic E-state index is 6.70. The second kappa shape index (κ2) is 16.7. The molecule has 6 aromatic carbocycles. The molecule has 0 radical (unpaired) electrons. The van der Waals surface area contributed by atoms with Crippen molar-refractivity contribution < 1.29 is 56.9 Å². The molecule has 2 aliphatic rings. The van der Waals surface area contributed by atoms with E-state index < -0.39 is 23.2 Å². The number of aryl methyl sites for hydroxylation is 2. The summed E-state index contributed by atoms with van der Waals surface area (Å²) in [5.41, 5.74) is 13.4. The molecule has 0 fully saturated rings. The van der Waals surface area contributed by atoms with Crippen molar-refractivity contribution in [2.45, 2.75) is 46.8 Å². The molecule has 2 aliphatic carbocycles. The van der Waals surface area contributed by atoms with E-state index in [9.17, 15) is 0 Å². The summed E-state index contributed by atoms with van der Waals surface area (Å²) in [4.78, 5) is 0. The molecule has 0 saturated carbocycles. The number of halogens is 2. The van der Waals surface area contributed by atoms with Crippen molar-refractivity contribution in [3.05, 3.63) is 191 Å². The molecule has 8 aromatic rings. The molecule has 0 N–H and O–H groups in total. The number of benzene rings is 6. The molecule has 2 unspecified atom stereocenters. The molecule has 0 amide bonds. The van der Waals surface area contributed by atoms with Crippen LogP contribution in [0.25, 0.3) is 67.1 Å². The SMILES string of the molecule is CCCc1ccc(C2=Cc3c(-c4cccc5ccccc45)cccc3[CH]2[Zr+2][CH]2C(c3ccc(CCC)o3)=Cc3c(-c4cccc5ccccc45)cccc32)o1.[Cl-].[Cl-]. The Morgan fingerprint density at radius 3 is 1.30 bits per heavy atom. The summed E-state index contributed by atoms with van der Waals surface area (Å²) in [6.45, 7) is 4.44. The standard InChI is InChI=1S/2C26H21O.2ClH.Zr/c2*1-2-7-21-14-15-26(27-21)20-16-19-10-6-13-24(25(19)17-20)23-12-5-9-18-8-3-4-11-22(18)23;;;/h2*3-6,8-17H,2,7H2,1H3;2*1H;/q;;;;+2/p-2. The number of allylic oxidation sites excluding steroid dienone is 2. The summed E-state index contributed by atoms with van der Waals surface area (Å²) in [6, 6.07) is 53.8. The number of rotatable bonds is 10. The van der Waals surface area contributed by atoms with Gasteiger partial charge in [-0.3, -0.25) is 0 Å². The van der Waals surface area contributed by atoms with Crippen LogP contribution in [-0.2, 0) is 36.1 Å². The number of hydrogen-bond acceptors (Lipinski definition) is 2. The predicted molar refractivity (Wildman–Crippen MR) is 225 cm³/mol. The van der Waals surface area contributed by atoms with Gasteiger partial charge in [0.1, 0.15) is 0 Å². The van der Waals surface area contributed by atoms with Crippen LogP contribution in [0.4, 0.5) is 0 Å². The number of fused-ring (bicyclic) bond motifs is 4. The third-order valence-electron chi connectivity index (χ3n) is 11.5. The Hall–Kier alpha value is -4.66. The molecule has 2 aromatic heterocycles. The smallest absolute Gasteiger partial charge is 1.00 e. The monoisotopic (exact) mass is 858 g/mol. The van der Waals surface area contributed by atoms with Crippen molar-refractivity contribution in [1.82, 2.24) is 0 Å². The average molecular weight is 861 g/mol. The fourth-order valence-corrected chi connectivity index (χ4v) is 13.9. The second-order valence-electron chi connectivity index (χ2n) is 14.9. The predicted octanol–water partition coefficient (Wildman–Crippen LogP) is 8.40. The van der Waals surface area contributed by atoms with E-state index in [1.54, 1.807) is 0 Å². The molecular weight excluding hydrogens is 819 g/mol. The average Bonchev–Trinajstić information content (AvgIpc) is 4.04. The Balaban J connectivity index is 0.00000228. The first-order chi connectivity index (χ1) is 27.2. The van der Waals surface area contributed by atoms with Gasteiger partial charge < -0.3 is 24.8 Å². The van der Waals surface area contributed by atoms with Crippen molar-refractivity contribution in [3.8, 4) is 22.3 Å². The Morgan fingerprint density at radius 2 is 0.842 bits per heavy atom. The van der Waals surface area contributed by atoms with Gasteiger partial charge in [-0.25, -0.2) is 0 Å². The van der Waals surface area contributed by atoms with Gasteiger partial charge in [-0.05, 0) is 0 Å². The fourth-order valence-electron chi connectivity index (χ4n) is 8.97. The van der Waals surface area contributed by atoms with Gasteiger partial charge in [0.2, 0.25) is 0 Å². The molecular formula is C52H42Cl2O2Zr. The quantitative estimate of drug-likeness (QED) is 0.138. The molecule has 2 nitrogen and oxygen atoms in total. The van der Waals surface area contributed by atoms with Crippen LogP contribution in [0, 0.1) is 0 Å². The van der Waals surface area contributed by atoms with Gasteiger partial charge in [0.05, 0.1) is 0 Å². The minimum absolute atomic E-state index is 0. The summed E-state index contributed by atoms with van der Waals surface area (Å²) in [5.74, 6) is 4.17. The van der Waals surface area contributed by atoms with E-state index in [1.807, 2.05) is 0 Å². The third kappa shape index (κ3) is 7.03. The van der Waals surface area contributed by atoms with E-state index in [4.69, 9.17) is 8.83 Å². The van der Waals surface area contributed by atoms with Gasteiger partial charge >= 0.3 is 337 Å².